The maximum atomic E-state index is 6.34. The van der Waals surface area contributed by atoms with Gasteiger partial charge in [0.2, 0.25) is 0 Å². The lowest BCUT2D eigenvalue weighted by molar-refractivity contribution is 0.838. The summed E-state index contributed by atoms with van der Waals surface area (Å²) in [6.07, 6.45) is 3.31. The second kappa shape index (κ2) is 6.03. The topological polar surface area (TPSA) is 51.8 Å². The highest BCUT2D eigenvalue weighted by atomic mass is 32.2. The molecule has 1 heterocycles. The van der Waals surface area contributed by atoms with Crippen molar-refractivity contribution in [2.75, 3.05) is 5.75 Å². The summed E-state index contributed by atoms with van der Waals surface area (Å²) in [5.74, 6) is 0.797. The zero-order valence-electron chi connectivity index (χ0n) is 10.9. The molecule has 3 aromatic rings. The molecule has 1 aromatic heterocycles. The Morgan fingerprint density at radius 2 is 1.90 bits per heavy atom. The summed E-state index contributed by atoms with van der Waals surface area (Å²) in [6.45, 7) is 0. The van der Waals surface area contributed by atoms with Crippen LogP contribution in [0.25, 0.3) is 10.8 Å². The molecule has 0 radical (unpaired) electrons. The lowest BCUT2D eigenvalue weighted by Crippen LogP contribution is -2.13. The van der Waals surface area contributed by atoms with Crippen LogP contribution in [0.1, 0.15) is 11.6 Å². The normalized spacial score (nSPS) is 12.4. The number of hydrogen-bond acceptors (Lipinski definition) is 4. The van der Waals surface area contributed by atoms with Crippen LogP contribution in [0.15, 0.2) is 66.1 Å². The highest BCUT2D eigenvalue weighted by Crippen LogP contribution is 2.27. The lowest BCUT2D eigenvalue weighted by Gasteiger charge is -2.14. The summed E-state index contributed by atoms with van der Waals surface area (Å²) in [6, 6.07) is 16.5. The van der Waals surface area contributed by atoms with Crippen LogP contribution in [-0.4, -0.2) is 15.7 Å². The van der Waals surface area contributed by atoms with Crippen LogP contribution in [-0.2, 0) is 0 Å². The predicted octanol–water partition coefficient (Wildman–Crippen LogP) is 3.42. The van der Waals surface area contributed by atoms with Crippen molar-refractivity contribution in [3.63, 3.8) is 0 Å². The Bertz CT molecular complexity index is 695. The molecule has 3 rings (SSSR count). The van der Waals surface area contributed by atoms with E-state index in [0.717, 1.165) is 10.8 Å². The monoisotopic (exact) mass is 281 g/mol. The zero-order chi connectivity index (χ0) is 13.8. The first kappa shape index (κ1) is 13.1. The Balaban J connectivity index is 1.80. The number of aromatic nitrogens is 2. The third kappa shape index (κ3) is 2.81. The van der Waals surface area contributed by atoms with Crippen LogP contribution in [0.4, 0.5) is 0 Å². The number of fused-ring (bicyclic) bond motifs is 1. The molecule has 2 aromatic carbocycles. The number of hydrogen-bond donors (Lipinski definition) is 1. The number of benzene rings is 2. The zero-order valence-corrected chi connectivity index (χ0v) is 11.8. The van der Waals surface area contributed by atoms with Gasteiger partial charge in [-0.3, -0.25) is 0 Å². The molecule has 4 heteroatoms. The van der Waals surface area contributed by atoms with E-state index in [1.807, 2.05) is 12.1 Å². The molecule has 0 fully saturated rings. The van der Waals surface area contributed by atoms with Gasteiger partial charge in [0.25, 0.3) is 0 Å². The first-order chi connectivity index (χ1) is 9.84. The van der Waals surface area contributed by atoms with Gasteiger partial charge >= 0.3 is 0 Å². The van der Waals surface area contributed by atoms with Crippen molar-refractivity contribution >= 4 is 22.5 Å². The van der Waals surface area contributed by atoms with Gasteiger partial charge in [-0.15, -0.1) is 11.8 Å². The van der Waals surface area contributed by atoms with Crippen LogP contribution in [0.3, 0.4) is 0 Å². The van der Waals surface area contributed by atoms with Gasteiger partial charge in [-0.2, -0.15) is 0 Å². The van der Waals surface area contributed by atoms with Crippen molar-refractivity contribution in [2.24, 2.45) is 5.73 Å². The minimum atomic E-state index is -0.0129. The Hall–Kier alpha value is -1.91. The molecule has 0 spiro atoms. The average molecular weight is 281 g/mol. The number of nitrogens with zero attached hydrogens (tertiary/aromatic N) is 2. The number of thioether (sulfide) groups is 1. The maximum absolute atomic E-state index is 6.34. The fourth-order valence-electron chi connectivity index (χ4n) is 2.20. The van der Waals surface area contributed by atoms with E-state index >= 15 is 0 Å². The first-order valence-corrected chi connectivity index (χ1v) is 7.45. The molecule has 0 saturated carbocycles. The van der Waals surface area contributed by atoms with E-state index in [2.05, 4.69) is 46.4 Å². The predicted molar refractivity (Wildman–Crippen MR) is 83.6 cm³/mol. The molecular formula is C16H15N3S. The molecule has 0 amide bonds. The average Bonchev–Trinajstić information content (AvgIpc) is 2.53. The van der Waals surface area contributed by atoms with Gasteiger partial charge in [0.1, 0.15) is 6.33 Å². The Kier molecular flexibility index (Phi) is 3.95. The van der Waals surface area contributed by atoms with Gasteiger partial charge in [0, 0.05) is 18.0 Å². The van der Waals surface area contributed by atoms with Gasteiger partial charge in [-0.05, 0) is 22.4 Å². The van der Waals surface area contributed by atoms with Crippen molar-refractivity contribution < 1.29 is 0 Å². The molecule has 0 aliphatic heterocycles. The second-order valence-electron chi connectivity index (χ2n) is 4.53. The Labute approximate surface area is 122 Å². The van der Waals surface area contributed by atoms with Crippen LogP contribution in [0, 0.1) is 0 Å². The summed E-state index contributed by atoms with van der Waals surface area (Å²) in [5, 5.41) is 3.41. The summed E-state index contributed by atoms with van der Waals surface area (Å²) < 4.78 is 0. The van der Waals surface area contributed by atoms with E-state index in [1.165, 1.54) is 16.3 Å². The SMILES string of the molecule is NC(CSc1ccncn1)c1cccc2ccccc12. The minimum Gasteiger partial charge on any atom is -0.323 e. The van der Waals surface area contributed by atoms with Gasteiger partial charge in [-0.25, -0.2) is 9.97 Å². The minimum absolute atomic E-state index is 0.0129. The van der Waals surface area contributed by atoms with Crippen LogP contribution in [0.2, 0.25) is 0 Å². The maximum Gasteiger partial charge on any atom is 0.116 e. The van der Waals surface area contributed by atoms with Crippen LogP contribution >= 0.6 is 11.8 Å². The lowest BCUT2D eigenvalue weighted by atomic mass is 10.0. The van der Waals surface area contributed by atoms with E-state index in [1.54, 1.807) is 24.3 Å². The molecule has 100 valence electrons. The van der Waals surface area contributed by atoms with Gasteiger partial charge in [0.15, 0.2) is 0 Å². The summed E-state index contributed by atoms with van der Waals surface area (Å²) in [7, 11) is 0. The van der Waals surface area contributed by atoms with Crippen molar-refractivity contribution in [2.45, 2.75) is 11.1 Å². The molecule has 0 aliphatic rings. The summed E-state index contributed by atoms with van der Waals surface area (Å²) >= 11 is 1.66. The van der Waals surface area contributed by atoms with Crippen molar-refractivity contribution in [1.82, 2.24) is 9.97 Å². The summed E-state index contributed by atoms with van der Waals surface area (Å²) in [5.41, 5.74) is 7.53. The van der Waals surface area contributed by atoms with Crippen molar-refractivity contribution in [1.29, 1.82) is 0 Å². The molecule has 0 aliphatic carbocycles. The molecule has 0 saturated heterocycles. The molecule has 2 N–H and O–H groups in total. The van der Waals surface area contributed by atoms with Gasteiger partial charge in [0.05, 0.1) is 5.03 Å². The Morgan fingerprint density at radius 3 is 2.75 bits per heavy atom. The number of rotatable bonds is 4. The van der Waals surface area contributed by atoms with Gasteiger partial charge in [-0.1, -0.05) is 42.5 Å². The fourth-order valence-corrected chi connectivity index (χ4v) is 3.01. The third-order valence-electron chi connectivity index (χ3n) is 3.19. The highest BCUT2D eigenvalue weighted by Gasteiger charge is 2.10. The van der Waals surface area contributed by atoms with E-state index in [4.69, 9.17) is 5.73 Å². The standard InChI is InChI=1S/C16H15N3S/c17-15(10-20-16-8-9-18-11-19-16)14-7-3-5-12-4-1-2-6-13(12)14/h1-9,11,15H,10,17H2. The second-order valence-corrected chi connectivity index (χ2v) is 5.57. The molecule has 3 nitrogen and oxygen atoms in total. The highest BCUT2D eigenvalue weighted by molar-refractivity contribution is 7.99. The van der Waals surface area contributed by atoms with E-state index in [9.17, 15) is 0 Å². The fraction of sp³-hybridized carbons (Fsp3) is 0.125. The van der Waals surface area contributed by atoms with Crippen LogP contribution in [0.5, 0.6) is 0 Å². The van der Waals surface area contributed by atoms with E-state index in [-0.39, 0.29) is 6.04 Å². The Morgan fingerprint density at radius 1 is 1.05 bits per heavy atom. The smallest absolute Gasteiger partial charge is 0.116 e. The third-order valence-corrected chi connectivity index (χ3v) is 4.25. The van der Waals surface area contributed by atoms with E-state index < -0.39 is 0 Å². The quantitative estimate of drug-likeness (QED) is 0.588. The molecule has 0 bridgehead atoms. The number of nitrogens with two attached hydrogens (primary N) is 1. The first-order valence-electron chi connectivity index (χ1n) is 6.46. The van der Waals surface area contributed by atoms with Gasteiger partial charge < -0.3 is 5.73 Å². The van der Waals surface area contributed by atoms with E-state index in [0.29, 0.717) is 0 Å². The molecular weight excluding hydrogens is 266 g/mol. The molecule has 20 heavy (non-hydrogen) atoms. The summed E-state index contributed by atoms with van der Waals surface area (Å²) in [4.78, 5) is 8.12. The molecule has 1 atom stereocenters. The van der Waals surface area contributed by atoms with Crippen molar-refractivity contribution in [3.8, 4) is 0 Å². The van der Waals surface area contributed by atoms with Crippen LogP contribution < -0.4 is 5.73 Å². The van der Waals surface area contributed by atoms with Crippen molar-refractivity contribution in [3.05, 3.63) is 66.6 Å². The largest absolute Gasteiger partial charge is 0.323 e. The molecule has 1 unspecified atom stereocenters.